The van der Waals surface area contributed by atoms with Gasteiger partial charge in [-0.15, -0.1) is 0 Å². The van der Waals surface area contributed by atoms with E-state index >= 15 is 0 Å². The molecule has 0 saturated heterocycles. The van der Waals surface area contributed by atoms with Gasteiger partial charge in [0.1, 0.15) is 11.6 Å². The highest BCUT2D eigenvalue weighted by Crippen LogP contribution is 2.31. The molecule has 106 valence electrons. The molecule has 2 aromatic rings. The second kappa shape index (κ2) is 5.81. The average molecular weight is 294 g/mol. The van der Waals surface area contributed by atoms with E-state index in [4.69, 9.17) is 22.1 Å². The summed E-state index contributed by atoms with van der Waals surface area (Å²) >= 11 is 5.81. The Balaban J connectivity index is 2.32. The lowest BCUT2D eigenvalue weighted by Crippen LogP contribution is -2.35. The van der Waals surface area contributed by atoms with E-state index in [1.54, 1.807) is 19.2 Å². The van der Waals surface area contributed by atoms with Crippen molar-refractivity contribution in [1.29, 1.82) is 0 Å². The van der Waals surface area contributed by atoms with E-state index in [1.807, 2.05) is 31.2 Å². The Bertz CT molecular complexity index is 613. The second-order valence-corrected chi connectivity index (χ2v) is 5.45. The molecule has 1 atom stereocenters. The molecule has 20 heavy (non-hydrogen) atoms. The van der Waals surface area contributed by atoms with Gasteiger partial charge in [0.15, 0.2) is 0 Å². The summed E-state index contributed by atoms with van der Waals surface area (Å²) in [6.07, 6.45) is 0.535. The summed E-state index contributed by atoms with van der Waals surface area (Å²) < 4.78 is 18.5. The molecule has 0 heterocycles. The van der Waals surface area contributed by atoms with Crippen LogP contribution in [-0.4, -0.2) is 7.11 Å². The largest absolute Gasteiger partial charge is 0.496 e. The minimum Gasteiger partial charge on any atom is -0.496 e. The Morgan fingerprint density at radius 2 is 1.95 bits per heavy atom. The Hall–Kier alpha value is -1.58. The summed E-state index contributed by atoms with van der Waals surface area (Å²) in [6.45, 7) is 1.92. The van der Waals surface area contributed by atoms with Crippen molar-refractivity contribution in [3.05, 3.63) is 64.4 Å². The van der Waals surface area contributed by atoms with Crippen molar-refractivity contribution >= 4 is 11.6 Å². The van der Waals surface area contributed by atoms with Crippen LogP contribution in [0.15, 0.2) is 42.5 Å². The fourth-order valence-electron chi connectivity index (χ4n) is 2.29. The van der Waals surface area contributed by atoms with Gasteiger partial charge in [0.25, 0.3) is 0 Å². The standard InChI is InChI=1S/C16H17ClFNO/c1-16(19,12-5-3-4-6-15(12)20-2)10-11-7-8-14(18)13(17)9-11/h3-9H,10,19H2,1-2H3. The first-order chi connectivity index (χ1) is 9.44. The van der Waals surface area contributed by atoms with Crippen LogP contribution in [0.1, 0.15) is 18.1 Å². The van der Waals surface area contributed by atoms with Crippen LogP contribution in [0.25, 0.3) is 0 Å². The molecule has 2 aromatic carbocycles. The maximum absolute atomic E-state index is 13.2. The summed E-state index contributed by atoms with van der Waals surface area (Å²) in [5.41, 5.74) is 7.57. The SMILES string of the molecule is COc1ccccc1C(C)(N)Cc1ccc(F)c(Cl)c1. The number of halogens is 2. The molecular weight excluding hydrogens is 277 g/mol. The van der Waals surface area contributed by atoms with Gasteiger partial charge < -0.3 is 10.5 Å². The number of hydrogen-bond acceptors (Lipinski definition) is 2. The van der Waals surface area contributed by atoms with Gasteiger partial charge in [-0.3, -0.25) is 0 Å². The van der Waals surface area contributed by atoms with Gasteiger partial charge in [-0.25, -0.2) is 4.39 Å². The third-order valence-corrected chi connectivity index (χ3v) is 3.57. The summed E-state index contributed by atoms with van der Waals surface area (Å²) in [5.74, 6) is 0.317. The number of hydrogen-bond donors (Lipinski definition) is 1. The van der Waals surface area contributed by atoms with Crippen molar-refractivity contribution in [1.82, 2.24) is 0 Å². The summed E-state index contributed by atoms with van der Waals surface area (Å²) in [4.78, 5) is 0. The minimum atomic E-state index is -0.631. The monoisotopic (exact) mass is 293 g/mol. The fourth-order valence-corrected chi connectivity index (χ4v) is 2.49. The molecule has 0 aliphatic heterocycles. The molecule has 2 nitrogen and oxygen atoms in total. The first-order valence-corrected chi connectivity index (χ1v) is 6.68. The Kier molecular flexibility index (Phi) is 4.31. The Morgan fingerprint density at radius 3 is 2.60 bits per heavy atom. The molecule has 0 aliphatic carbocycles. The fraction of sp³-hybridized carbons (Fsp3) is 0.250. The quantitative estimate of drug-likeness (QED) is 0.928. The maximum Gasteiger partial charge on any atom is 0.141 e. The van der Waals surface area contributed by atoms with E-state index in [-0.39, 0.29) is 5.02 Å². The van der Waals surface area contributed by atoms with Crippen molar-refractivity contribution in [2.24, 2.45) is 5.73 Å². The highest BCUT2D eigenvalue weighted by Gasteiger charge is 2.25. The van der Waals surface area contributed by atoms with Gasteiger partial charge in [0, 0.05) is 11.1 Å². The summed E-state index contributed by atoms with van der Waals surface area (Å²) in [6, 6.07) is 12.3. The van der Waals surface area contributed by atoms with E-state index in [0.29, 0.717) is 6.42 Å². The molecule has 0 aromatic heterocycles. The van der Waals surface area contributed by atoms with Gasteiger partial charge in [-0.1, -0.05) is 35.9 Å². The first kappa shape index (κ1) is 14.8. The number of benzene rings is 2. The summed E-state index contributed by atoms with van der Waals surface area (Å²) in [7, 11) is 1.61. The molecule has 0 spiro atoms. The summed E-state index contributed by atoms with van der Waals surface area (Å²) in [5, 5.41) is 0.110. The topological polar surface area (TPSA) is 35.2 Å². The normalized spacial score (nSPS) is 13.8. The number of ether oxygens (including phenoxy) is 1. The van der Waals surface area contributed by atoms with E-state index in [2.05, 4.69) is 0 Å². The first-order valence-electron chi connectivity index (χ1n) is 6.30. The molecule has 1 unspecified atom stereocenters. The van der Waals surface area contributed by atoms with Gasteiger partial charge in [0.2, 0.25) is 0 Å². The molecule has 0 saturated carbocycles. The molecule has 0 bridgehead atoms. The smallest absolute Gasteiger partial charge is 0.141 e. The highest BCUT2D eigenvalue weighted by atomic mass is 35.5. The lowest BCUT2D eigenvalue weighted by Gasteiger charge is -2.27. The predicted molar refractivity (Wildman–Crippen MR) is 79.6 cm³/mol. The van der Waals surface area contributed by atoms with E-state index < -0.39 is 11.4 Å². The van der Waals surface area contributed by atoms with Gasteiger partial charge in [-0.05, 0) is 37.1 Å². The Labute approximate surface area is 123 Å². The van der Waals surface area contributed by atoms with Crippen LogP contribution in [-0.2, 0) is 12.0 Å². The minimum absolute atomic E-state index is 0.110. The number of nitrogens with two attached hydrogens (primary N) is 1. The van der Waals surface area contributed by atoms with Crippen LogP contribution in [0.5, 0.6) is 5.75 Å². The van der Waals surface area contributed by atoms with Crippen LogP contribution in [0.2, 0.25) is 5.02 Å². The zero-order chi connectivity index (χ0) is 14.8. The van der Waals surface area contributed by atoms with Crippen molar-refractivity contribution in [3.63, 3.8) is 0 Å². The third-order valence-electron chi connectivity index (χ3n) is 3.28. The molecule has 2 N–H and O–H groups in total. The Morgan fingerprint density at radius 1 is 1.25 bits per heavy atom. The van der Waals surface area contributed by atoms with E-state index in [1.165, 1.54) is 6.07 Å². The van der Waals surface area contributed by atoms with Gasteiger partial charge >= 0.3 is 0 Å². The van der Waals surface area contributed by atoms with Crippen LogP contribution in [0.4, 0.5) is 4.39 Å². The average Bonchev–Trinajstić information content (AvgIpc) is 2.42. The van der Waals surface area contributed by atoms with Crippen molar-refractivity contribution in [2.75, 3.05) is 7.11 Å². The lowest BCUT2D eigenvalue weighted by molar-refractivity contribution is 0.386. The second-order valence-electron chi connectivity index (χ2n) is 5.04. The van der Waals surface area contributed by atoms with Crippen molar-refractivity contribution < 1.29 is 9.13 Å². The van der Waals surface area contributed by atoms with E-state index in [9.17, 15) is 4.39 Å². The van der Waals surface area contributed by atoms with Crippen LogP contribution < -0.4 is 10.5 Å². The van der Waals surface area contributed by atoms with Gasteiger partial charge in [-0.2, -0.15) is 0 Å². The number of methoxy groups -OCH3 is 1. The predicted octanol–water partition coefficient (Wildman–Crippen LogP) is 3.90. The molecule has 4 heteroatoms. The number of rotatable bonds is 4. The van der Waals surface area contributed by atoms with Crippen molar-refractivity contribution in [3.8, 4) is 5.75 Å². The van der Waals surface area contributed by atoms with Crippen LogP contribution in [0, 0.1) is 5.82 Å². The zero-order valence-electron chi connectivity index (χ0n) is 11.5. The molecule has 0 aliphatic rings. The maximum atomic E-state index is 13.2. The molecule has 0 fully saturated rings. The number of para-hydroxylation sites is 1. The molecule has 0 amide bonds. The zero-order valence-corrected chi connectivity index (χ0v) is 12.2. The molecular formula is C16H17ClFNO. The molecule has 0 radical (unpaired) electrons. The van der Waals surface area contributed by atoms with Crippen LogP contribution in [0.3, 0.4) is 0 Å². The highest BCUT2D eigenvalue weighted by molar-refractivity contribution is 6.30. The lowest BCUT2D eigenvalue weighted by atomic mass is 9.86. The third kappa shape index (κ3) is 3.11. The van der Waals surface area contributed by atoms with Crippen molar-refractivity contribution in [2.45, 2.75) is 18.9 Å². The molecule has 2 rings (SSSR count). The van der Waals surface area contributed by atoms with E-state index in [0.717, 1.165) is 16.9 Å². The van der Waals surface area contributed by atoms with Crippen LogP contribution >= 0.6 is 11.6 Å². The van der Waals surface area contributed by atoms with Gasteiger partial charge in [0.05, 0.1) is 12.1 Å².